The standard InChI is InChI=1S/C73H40N8O/c74-39-43-25-31-67-55(33-43)53-17-5-11-23-65(53)78(67)45-27-29-57-69(37-45)82-70-38-46(79-66-24-12-6-18-54(66)56-34-44(40-75)26-32-68(56)79)28-30-58(70)73(57)59-35-47(80-61-19-7-1-13-49(61)50-14-2-8-20-62(50)80)41-76-71(59)72-60(73)36-48(42-77-72)81-63-21-9-3-15-51(63)52-16-4-10-22-64(52)81/h1-38,41-42H. The second kappa shape index (κ2) is 16.3. The van der Waals surface area contributed by atoms with Gasteiger partial charge in [-0.2, -0.15) is 10.5 Å². The summed E-state index contributed by atoms with van der Waals surface area (Å²) in [5.74, 6) is 1.37. The Balaban J connectivity index is 0.967. The Bertz CT molecular complexity index is 5170. The van der Waals surface area contributed by atoms with Gasteiger partial charge in [-0.25, -0.2) is 0 Å². The minimum absolute atomic E-state index is 0.605. The lowest BCUT2D eigenvalue weighted by Gasteiger charge is -2.39. The minimum Gasteiger partial charge on any atom is -0.457 e. The summed E-state index contributed by atoms with van der Waals surface area (Å²) in [6.07, 6.45) is 4.02. The molecule has 0 bridgehead atoms. The van der Waals surface area contributed by atoms with Gasteiger partial charge in [0.2, 0.25) is 0 Å². The normalized spacial score (nSPS) is 13.0. The molecule has 0 fully saturated rings. The summed E-state index contributed by atoms with van der Waals surface area (Å²) in [4.78, 5) is 11.1. The molecule has 0 radical (unpaired) electrons. The van der Waals surface area contributed by atoms with Crippen molar-refractivity contribution in [3.63, 3.8) is 0 Å². The predicted octanol–water partition coefficient (Wildman–Crippen LogP) is 17.1. The van der Waals surface area contributed by atoms with Gasteiger partial charge in [-0.05, 0) is 97.1 Å². The number of fused-ring (bicyclic) bond motifs is 21. The van der Waals surface area contributed by atoms with E-state index in [-0.39, 0.29) is 0 Å². The fraction of sp³-hybridized carbons (Fsp3) is 0.0137. The van der Waals surface area contributed by atoms with Crippen molar-refractivity contribution < 1.29 is 4.74 Å². The number of pyridine rings is 2. The summed E-state index contributed by atoms with van der Waals surface area (Å²) in [5.41, 5.74) is 17.7. The molecule has 16 aromatic rings. The van der Waals surface area contributed by atoms with Crippen LogP contribution in [-0.2, 0) is 5.41 Å². The second-order valence-electron chi connectivity index (χ2n) is 21.5. The van der Waals surface area contributed by atoms with Crippen molar-refractivity contribution in [2.45, 2.75) is 5.41 Å². The highest BCUT2D eigenvalue weighted by molar-refractivity contribution is 6.13. The molecule has 10 aromatic carbocycles. The topological polar surface area (TPSA) is 102 Å². The molecule has 9 nitrogen and oxygen atoms in total. The van der Waals surface area contributed by atoms with E-state index >= 15 is 0 Å². The van der Waals surface area contributed by atoms with Crippen molar-refractivity contribution in [2.24, 2.45) is 0 Å². The first-order valence-electron chi connectivity index (χ1n) is 27.4. The molecule has 0 N–H and O–H groups in total. The Morgan fingerprint density at radius 1 is 0.305 bits per heavy atom. The third-order valence-corrected chi connectivity index (χ3v) is 17.5. The first kappa shape index (κ1) is 44.5. The molecule has 0 saturated carbocycles. The smallest absolute Gasteiger partial charge is 0.134 e. The molecule has 0 atom stereocenters. The number of rotatable bonds is 4. The molecule has 0 saturated heterocycles. The molecular weight excluding hydrogens is 1000 g/mol. The van der Waals surface area contributed by atoms with Gasteiger partial charge >= 0.3 is 0 Å². The summed E-state index contributed by atoms with van der Waals surface area (Å²) in [5, 5.41) is 28.9. The van der Waals surface area contributed by atoms with E-state index in [9.17, 15) is 10.5 Å². The Morgan fingerprint density at radius 2 is 0.622 bits per heavy atom. The summed E-state index contributed by atoms with van der Waals surface area (Å²) in [6, 6.07) is 85.8. The van der Waals surface area contributed by atoms with Gasteiger partial charge in [0.25, 0.3) is 0 Å². The Morgan fingerprint density at radius 3 is 0.976 bits per heavy atom. The third-order valence-electron chi connectivity index (χ3n) is 17.5. The van der Waals surface area contributed by atoms with Gasteiger partial charge in [-0.1, -0.05) is 121 Å². The van der Waals surface area contributed by atoms with Gasteiger partial charge in [0.1, 0.15) is 11.5 Å². The fourth-order valence-electron chi connectivity index (χ4n) is 14.2. The molecule has 7 heterocycles. The molecule has 378 valence electrons. The summed E-state index contributed by atoms with van der Waals surface area (Å²) in [6.45, 7) is 0. The average Bonchev–Trinajstić information content (AvgIpc) is 4.01. The molecule has 82 heavy (non-hydrogen) atoms. The van der Waals surface area contributed by atoms with Crippen LogP contribution < -0.4 is 4.74 Å². The number of nitriles is 2. The van der Waals surface area contributed by atoms with E-state index in [0.29, 0.717) is 22.6 Å². The monoisotopic (exact) mass is 1040 g/mol. The van der Waals surface area contributed by atoms with Crippen LogP contribution in [0.3, 0.4) is 0 Å². The molecule has 1 aliphatic carbocycles. The molecule has 1 spiro atoms. The first-order valence-corrected chi connectivity index (χ1v) is 27.4. The van der Waals surface area contributed by atoms with E-state index in [2.05, 4.69) is 237 Å². The third kappa shape index (κ3) is 5.77. The zero-order valence-electron chi connectivity index (χ0n) is 43.6. The first-order chi connectivity index (χ1) is 40.6. The lowest BCUT2D eigenvalue weighted by molar-refractivity contribution is 0.436. The van der Waals surface area contributed by atoms with Crippen LogP contribution in [0.25, 0.3) is 121 Å². The van der Waals surface area contributed by atoms with E-state index in [1.165, 1.54) is 21.5 Å². The number of aromatic nitrogens is 6. The van der Waals surface area contributed by atoms with Gasteiger partial charge in [-0.15, -0.1) is 0 Å². The average molecular weight is 1050 g/mol. The zero-order chi connectivity index (χ0) is 53.9. The summed E-state index contributed by atoms with van der Waals surface area (Å²) >= 11 is 0. The SMILES string of the molecule is N#Cc1ccc2c(c1)c1ccccc1n2-c1ccc2c(c1)Oc1cc(-n3c4ccccc4c4cc(C#N)ccc43)ccc1C21c2cc(-n3c4ccccc4c4ccccc43)cnc2-c2ncc(-n3c4ccccc4c4ccccc43)cc21. The van der Waals surface area contributed by atoms with Crippen LogP contribution in [0.5, 0.6) is 11.5 Å². The van der Waals surface area contributed by atoms with E-state index in [1.54, 1.807) is 0 Å². The highest BCUT2D eigenvalue weighted by atomic mass is 16.5. The van der Waals surface area contributed by atoms with E-state index < -0.39 is 5.41 Å². The molecule has 0 amide bonds. The maximum absolute atomic E-state index is 10.1. The van der Waals surface area contributed by atoms with Crippen LogP contribution >= 0.6 is 0 Å². The Labute approximate surface area is 467 Å². The van der Waals surface area contributed by atoms with Gasteiger partial charge in [0.15, 0.2) is 0 Å². The highest BCUT2D eigenvalue weighted by Gasteiger charge is 2.53. The molecule has 2 aliphatic rings. The molecule has 6 aromatic heterocycles. The van der Waals surface area contributed by atoms with E-state index in [1.807, 2.05) is 36.7 Å². The number of nitrogens with zero attached hydrogens (tertiary/aromatic N) is 8. The summed E-state index contributed by atoms with van der Waals surface area (Å²) in [7, 11) is 0. The molecule has 18 rings (SSSR count). The lowest BCUT2D eigenvalue weighted by atomic mass is 9.66. The maximum atomic E-state index is 10.1. The van der Waals surface area contributed by atoms with Crippen LogP contribution in [0.4, 0.5) is 0 Å². The number of ether oxygens (including phenoxy) is 1. The van der Waals surface area contributed by atoms with Gasteiger partial charge in [0, 0.05) is 88.9 Å². The van der Waals surface area contributed by atoms with Crippen LogP contribution in [0.15, 0.2) is 243 Å². The van der Waals surface area contributed by atoms with E-state index in [0.717, 1.165) is 122 Å². The van der Waals surface area contributed by atoms with Crippen molar-refractivity contribution >= 4 is 87.2 Å². The highest BCUT2D eigenvalue weighted by Crippen LogP contribution is 2.63. The van der Waals surface area contributed by atoms with Crippen LogP contribution in [0.1, 0.15) is 33.4 Å². The van der Waals surface area contributed by atoms with Crippen molar-refractivity contribution in [3.05, 3.63) is 276 Å². The molecule has 1 aliphatic heterocycles. The van der Waals surface area contributed by atoms with Gasteiger partial charge in [0.05, 0.1) is 108 Å². The van der Waals surface area contributed by atoms with Crippen LogP contribution in [-0.4, -0.2) is 28.2 Å². The van der Waals surface area contributed by atoms with Crippen molar-refractivity contribution in [2.75, 3.05) is 0 Å². The Kier molecular flexibility index (Phi) is 8.83. The van der Waals surface area contributed by atoms with E-state index in [4.69, 9.17) is 14.7 Å². The van der Waals surface area contributed by atoms with Crippen molar-refractivity contribution in [1.82, 2.24) is 28.2 Å². The fourth-order valence-corrected chi connectivity index (χ4v) is 14.2. The largest absolute Gasteiger partial charge is 0.457 e. The Hall–Kier alpha value is -11.5. The molecular formula is C73H40N8O. The minimum atomic E-state index is -1.04. The maximum Gasteiger partial charge on any atom is 0.134 e. The molecule has 0 unspecified atom stereocenters. The number of para-hydroxylation sites is 6. The second-order valence-corrected chi connectivity index (χ2v) is 21.5. The number of benzene rings is 10. The number of hydrogen-bond acceptors (Lipinski definition) is 5. The zero-order valence-corrected chi connectivity index (χ0v) is 43.6. The quantitative estimate of drug-likeness (QED) is 0.175. The van der Waals surface area contributed by atoms with Crippen molar-refractivity contribution in [1.29, 1.82) is 10.5 Å². The molecule has 9 heteroatoms. The van der Waals surface area contributed by atoms with Crippen LogP contribution in [0, 0.1) is 22.7 Å². The lowest BCUT2D eigenvalue weighted by Crippen LogP contribution is -2.32. The van der Waals surface area contributed by atoms with Gasteiger partial charge < -0.3 is 23.0 Å². The predicted molar refractivity (Wildman–Crippen MR) is 326 cm³/mol. The number of hydrogen-bond donors (Lipinski definition) is 0. The van der Waals surface area contributed by atoms with Gasteiger partial charge in [-0.3, -0.25) is 9.97 Å². The summed E-state index contributed by atoms with van der Waals surface area (Å²) < 4.78 is 16.8. The van der Waals surface area contributed by atoms with Crippen LogP contribution in [0.2, 0.25) is 0 Å². The van der Waals surface area contributed by atoms with Crippen molar-refractivity contribution in [3.8, 4) is 57.8 Å².